The maximum absolute atomic E-state index is 5.53. The Labute approximate surface area is 80.4 Å². The van der Waals surface area contributed by atoms with Gasteiger partial charge in [-0.25, -0.2) is 14.6 Å². The van der Waals surface area contributed by atoms with Crippen molar-refractivity contribution in [2.24, 2.45) is 0 Å². The predicted molar refractivity (Wildman–Crippen MR) is 50.1 cm³/mol. The summed E-state index contributed by atoms with van der Waals surface area (Å²) in [6.07, 6.45) is 4.63. The molecule has 2 rings (SSSR count). The van der Waals surface area contributed by atoms with Crippen molar-refractivity contribution in [3.05, 3.63) is 24.8 Å². The van der Waals surface area contributed by atoms with Crippen LogP contribution in [0.2, 0.25) is 0 Å². The lowest BCUT2D eigenvalue weighted by Gasteiger charge is -2.01. The van der Waals surface area contributed by atoms with E-state index in [9.17, 15) is 0 Å². The molecule has 0 aliphatic rings. The Morgan fingerprint density at radius 2 is 2.29 bits per heavy atom. The lowest BCUT2D eigenvalue weighted by molar-refractivity contribution is 0.396. The van der Waals surface area contributed by atoms with E-state index in [0.29, 0.717) is 17.4 Å². The van der Waals surface area contributed by atoms with Crippen LogP contribution in [-0.2, 0) is 0 Å². The van der Waals surface area contributed by atoms with Crippen LogP contribution in [0.5, 0.6) is 5.88 Å². The topological polar surface area (TPSA) is 78.9 Å². The first kappa shape index (κ1) is 8.49. The standard InChI is InChI=1S/C8H9N5O/c1-14-8-2-7(10-5-11-8)13-4-6(9)3-12-13/h2-5H,9H2,1H3. The van der Waals surface area contributed by atoms with Gasteiger partial charge in [-0.3, -0.25) is 0 Å². The molecule has 0 bridgehead atoms. The molecule has 2 aromatic rings. The monoisotopic (exact) mass is 191 g/mol. The summed E-state index contributed by atoms with van der Waals surface area (Å²) < 4.78 is 6.51. The lowest BCUT2D eigenvalue weighted by Crippen LogP contribution is -1.99. The molecule has 6 heteroatoms. The molecule has 0 fully saturated rings. The highest BCUT2D eigenvalue weighted by Gasteiger charge is 2.01. The molecule has 0 saturated carbocycles. The second-order valence-electron chi connectivity index (χ2n) is 2.64. The minimum atomic E-state index is 0.490. The normalized spacial score (nSPS) is 10.1. The molecule has 0 unspecified atom stereocenters. The Balaban J connectivity index is 2.41. The Morgan fingerprint density at radius 3 is 2.93 bits per heavy atom. The number of hydrogen-bond donors (Lipinski definition) is 1. The molecule has 6 nitrogen and oxygen atoms in total. The molecule has 0 aromatic carbocycles. The van der Waals surface area contributed by atoms with Gasteiger partial charge >= 0.3 is 0 Å². The molecule has 0 radical (unpaired) electrons. The minimum absolute atomic E-state index is 0.490. The van der Waals surface area contributed by atoms with Crippen molar-refractivity contribution >= 4 is 5.69 Å². The summed E-state index contributed by atoms with van der Waals surface area (Å²) in [5.41, 5.74) is 6.11. The van der Waals surface area contributed by atoms with E-state index in [1.165, 1.54) is 6.33 Å². The highest BCUT2D eigenvalue weighted by molar-refractivity contribution is 5.35. The number of methoxy groups -OCH3 is 1. The maximum atomic E-state index is 5.53. The van der Waals surface area contributed by atoms with Crippen LogP contribution in [0.4, 0.5) is 5.69 Å². The van der Waals surface area contributed by atoms with Crippen LogP contribution in [0.1, 0.15) is 0 Å². The highest BCUT2D eigenvalue weighted by atomic mass is 16.5. The average Bonchev–Trinajstić information content (AvgIpc) is 2.65. The van der Waals surface area contributed by atoms with Gasteiger partial charge in [0.2, 0.25) is 5.88 Å². The Bertz CT molecular complexity index is 439. The summed E-state index contributed by atoms with van der Waals surface area (Å²) in [6, 6.07) is 1.67. The SMILES string of the molecule is COc1cc(-n2cc(N)cn2)ncn1. The van der Waals surface area contributed by atoms with Crippen molar-refractivity contribution in [2.75, 3.05) is 12.8 Å². The first-order chi connectivity index (χ1) is 6.79. The molecule has 14 heavy (non-hydrogen) atoms. The third-order valence-corrected chi connectivity index (χ3v) is 1.67. The van der Waals surface area contributed by atoms with E-state index in [-0.39, 0.29) is 0 Å². The second-order valence-corrected chi connectivity index (χ2v) is 2.64. The quantitative estimate of drug-likeness (QED) is 0.736. The molecule has 2 aromatic heterocycles. The van der Waals surface area contributed by atoms with Crippen LogP contribution >= 0.6 is 0 Å². The number of anilines is 1. The third-order valence-electron chi connectivity index (χ3n) is 1.67. The summed E-state index contributed by atoms with van der Waals surface area (Å²) in [5.74, 6) is 1.11. The second kappa shape index (κ2) is 3.33. The van der Waals surface area contributed by atoms with Gasteiger partial charge in [0, 0.05) is 6.07 Å². The number of ether oxygens (including phenoxy) is 1. The van der Waals surface area contributed by atoms with E-state index in [0.717, 1.165) is 0 Å². The average molecular weight is 191 g/mol. The van der Waals surface area contributed by atoms with Crippen molar-refractivity contribution < 1.29 is 4.74 Å². The molecule has 2 heterocycles. The van der Waals surface area contributed by atoms with Gasteiger partial charge in [0.25, 0.3) is 0 Å². The maximum Gasteiger partial charge on any atom is 0.218 e. The molecule has 0 aliphatic carbocycles. The van der Waals surface area contributed by atoms with Crippen molar-refractivity contribution in [1.29, 1.82) is 0 Å². The van der Waals surface area contributed by atoms with Crippen molar-refractivity contribution in [2.45, 2.75) is 0 Å². The predicted octanol–water partition coefficient (Wildman–Crippen LogP) is 0.253. The van der Waals surface area contributed by atoms with E-state index < -0.39 is 0 Å². The van der Waals surface area contributed by atoms with Gasteiger partial charge in [0.15, 0.2) is 5.82 Å². The van der Waals surface area contributed by atoms with E-state index in [1.54, 1.807) is 30.3 Å². The fraction of sp³-hybridized carbons (Fsp3) is 0.125. The van der Waals surface area contributed by atoms with Crippen LogP contribution < -0.4 is 10.5 Å². The smallest absolute Gasteiger partial charge is 0.218 e. The van der Waals surface area contributed by atoms with E-state index in [1.807, 2.05) is 0 Å². The molecule has 0 spiro atoms. The van der Waals surface area contributed by atoms with Gasteiger partial charge in [0.05, 0.1) is 25.2 Å². The number of rotatable bonds is 2. The fourth-order valence-electron chi connectivity index (χ4n) is 1.03. The number of nitrogen functional groups attached to an aromatic ring is 1. The molecule has 0 saturated heterocycles. The summed E-state index contributed by atoms with van der Waals surface area (Å²) in [5, 5.41) is 4.01. The third kappa shape index (κ3) is 1.49. The van der Waals surface area contributed by atoms with Gasteiger partial charge in [0.1, 0.15) is 6.33 Å². The van der Waals surface area contributed by atoms with Gasteiger partial charge in [-0.2, -0.15) is 5.10 Å². The molecule has 0 amide bonds. The van der Waals surface area contributed by atoms with Gasteiger partial charge in [-0.05, 0) is 0 Å². The van der Waals surface area contributed by atoms with Gasteiger partial charge in [-0.15, -0.1) is 0 Å². The lowest BCUT2D eigenvalue weighted by atomic mass is 10.5. The highest BCUT2D eigenvalue weighted by Crippen LogP contribution is 2.10. The number of hydrogen-bond acceptors (Lipinski definition) is 5. The van der Waals surface area contributed by atoms with Crippen molar-refractivity contribution in [1.82, 2.24) is 19.7 Å². The summed E-state index contributed by atoms with van der Waals surface area (Å²) in [6.45, 7) is 0. The van der Waals surface area contributed by atoms with Crippen LogP contribution in [-0.4, -0.2) is 26.9 Å². The summed E-state index contributed by atoms with van der Waals surface area (Å²) in [4.78, 5) is 7.91. The number of nitrogens with two attached hydrogens (primary N) is 1. The first-order valence-electron chi connectivity index (χ1n) is 3.96. The minimum Gasteiger partial charge on any atom is -0.481 e. The Kier molecular flexibility index (Phi) is 2.02. The summed E-state index contributed by atoms with van der Waals surface area (Å²) >= 11 is 0. The van der Waals surface area contributed by atoms with Crippen LogP contribution in [0.15, 0.2) is 24.8 Å². The number of nitrogens with zero attached hydrogens (tertiary/aromatic N) is 4. The first-order valence-corrected chi connectivity index (χ1v) is 3.96. The van der Waals surface area contributed by atoms with Gasteiger partial charge < -0.3 is 10.5 Å². The fourth-order valence-corrected chi connectivity index (χ4v) is 1.03. The summed E-state index contributed by atoms with van der Waals surface area (Å²) in [7, 11) is 1.55. The largest absolute Gasteiger partial charge is 0.481 e. The molecule has 0 atom stereocenters. The Hall–Kier alpha value is -2.11. The zero-order chi connectivity index (χ0) is 9.97. The van der Waals surface area contributed by atoms with E-state index in [2.05, 4.69) is 15.1 Å². The van der Waals surface area contributed by atoms with Crippen molar-refractivity contribution in [3.8, 4) is 11.7 Å². The zero-order valence-corrected chi connectivity index (χ0v) is 7.58. The van der Waals surface area contributed by atoms with Crippen LogP contribution in [0.25, 0.3) is 5.82 Å². The molecule has 0 aliphatic heterocycles. The van der Waals surface area contributed by atoms with Crippen molar-refractivity contribution in [3.63, 3.8) is 0 Å². The van der Waals surface area contributed by atoms with E-state index >= 15 is 0 Å². The van der Waals surface area contributed by atoms with Gasteiger partial charge in [-0.1, -0.05) is 0 Å². The number of aromatic nitrogens is 4. The van der Waals surface area contributed by atoms with Crippen LogP contribution in [0.3, 0.4) is 0 Å². The molecule has 2 N–H and O–H groups in total. The Morgan fingerprint density at radius 1 is 1.43 bits per heavy atom. The van der Waals surface area contributed by atoms with Crippen LogP contribution in [0, 0.1) is 0 Å². The molecule has 72 valence electrons. The van der Waals surface area contributed by atoms with E-state index in [4.69, 9.17) is 10.5 Å². The zero-order valence-electron chi connectivity index (χ0n) is 7.58. The molecular weight excluding hydrogens is 182 g/mol. The molecular formula is C8H9N5O.